The maximum atomic E-state index is 13.2. The van der Waals surface area contributed by atoms with Crippen LogP contribution in [0.25, 0.3) is 10.2 Å². The van der Waals surface area contributed by atoms with Crippen LogP contribution in [0.4, 0.5) is 4.39 Å². The number of halogens is 1. The van der Waals surface area contributed by atoms with Crippen LogP contribution >= 0.6 is 34.9 Å². The highest BCUT2D eigenvalue weighted by Crippen LogP contribution is 2.43. The largest absolute Gasteiger partial charge is 0.370 e. The number of hydrogen-bond acceptors (Lipinski definition) is 6. The van der Waals surface area contributed by atoms with Crippen molar-refractivity contribution in [3.05, 3.63) is 46.1 Å². The Morgan fingerprint density at radius 2 is 1.96 bits per heavy atom. The lowest BCUT2D eigenvalue weighted by atomic mass is 9.95. The van der Waals surface area contributed by atoms with Gasteiger partial charge in [-0.2, -0.15) is 0 Å². The fraction of sp³-hybridized carbons (Fsp3) is 0.429. The van der Waals surface area contributed by atoms with E-state index in [2.05, 4.69) is 27.7 Å². The van der Waals surface area contributed by atoms with Crippen molar-refractivity contribution in [1.82, 2.24) is 9.97 Å². The van der Waals surface area contributed by atoms with E-state index in [-0.39, 0.29) is 11.4 Å². The molecule has 0 amide bonds. The lowest BCUT2D eigenvalue weighted by Gasteiger charge is -2.30. The molecule has 0 fully saturated rings. The number of rotatable bonds is 5. The van der Waals surface area contributed by atoms with Crippen LogP contribution in [0.5, 0.6) is 0 Å². The van der Waals surface area contributed by atoms with Crippen molar-refractivity contribution < 1.29 is 9.13 Å². The van der Waals surface area contributed by atoms with E-state index in [0.717, 1.165) is 32.7 Å². The average Bonchev–Trinajstić information content (AvgIpc) is 2.97. The molecule has 1 aliphatic rings. The van der Waals surface area contributed by atoms with E-state index in [9.17, 15) is 4.39 Å². The zero-order chi connectivity index (χ0) is 19.9. The second-order valence-electron chi connectivity index (χ2n) is 7.80. The highest BCUT2D eigenvalue weighted by molar-refractivity contribution is 8.00. The maximum Gasteiger partial charge on any atom is 0.190 e. The molecule has 3 aromatic rings. The molecule has 0 spiro atoms. The Morgan fingerprint density at radius 3 is 2.68 bits per heavy atom. The van der Waals surface area contributed by atoms with Crippen LogP contribution in [0.15, 0.2) is 34.4 Å². The Hall–Kier alpha value is -1.15. The van der Waals surface area contributed by atoms with E-state index in [4.69, 9.17) is 14.7 Å². The Balaban J connectivity index is 1.74. The Morgan fingerprint density at radius 1 is 1.21 bits per heavy atom. The summed E-state index contributed by atoms with van der Waals surface area (Å²) in [6.45, 7) is 9.21. The topological polar surface area (TPSA) is 35.0 Å². The summed E-state index contributed by atoms with van der Waals surface area (Å²) in [6.07, 6.45) is 0.868. The molecule has 0 saturated carbocycles. The first kappa shape index (κ1) is 20.1. The standard InChI is InChI=1S/C21H23FN2OS3/c1-12(2)27-20-23-18(26-11-13-5-7-14(22)8-6-13)17-15-9-21(3,4)25-10-16(15)28-19(17)24-20/h5-8,12H,9-11H2,1-4H3. The zero-order valence-electron chi connectivity index (χ0n) is 16.4. The number of hydrogen-bond donors (Lipinski definition) is 0. The van der Waals surface area contributed by atoms with E-state index < -0.39 is 0 Å². The fourth-order valence-electron chi connectivity index (χ4n) is 3.19. The van der Waals surface area contributed by atoms with Crippen LogP contribution < -0.4 is 0 Å². The average molecular weight is 435 g/mol. The number of thioether (sulfide) groups is 2. The molecule has 1 aliphatic heterocycles. The summed E-state index contributed by atoms with van der Waals surface area (Å²) in [5, 5.41) is 3.44. The second-order valence-corrected chi connectivity index (χ2v) is 11.4. The maximum absolute atomic E-state index is 13.2. The van der Waals surface area contributed by atoms with Gasteiger partial charge in [0.25, 0.3) is 0 Å². The van der Waals surface area contributed by atoms with Crippen LogP contribution in [0.1, 0.15) is 43.7 Å². The van der Waals surface area contributed by atoms with E-state index in [0.29, 0.717) is 11.9 Å². The lowest BCUT2D eigenvalue weighted by molar-refractivity contribution is -0.0379. The summed E-state index contributed by atoms with van der Waals surface area (Å²) in [4.78, 5) is 12.1. The van der Waals surface area contributed by atoms with Crippen LogP contribution in [0, 0.1) is 5.82 Å². The molecule has 0 aliphatic carbocycles. The molecular weight excluding hydrogens is 411 g/mol. The summed E-state index contributed by atoms with van der Waals surface area (Å²) in [5.74, 6) is 0.547. The summed E-state index contributed by atoms with van der Waals surface area (Å²) in [6, 6.07) is 6.70. The molecule has 28 heavy (non-hydrogen) atoms. The number of nitrogens with zero attached hydrogens (tertiary/aromatic N) is 2. The Labute approximate surface area is 177 Å². The molecular formula is C21H23FN2OS3. The number of thiophene rings is 1. The van der Waals surface area contributed by atoms with E-state index in [1.54, 1.807) is 34.9 Å². The number of benzene rings is 1. The van der Waals surface area contributed by atoms with Crippen molar-refractivity contribution >= 4 is 45.1 Å². The minimum absolute atomic E-state index is 0.175. The zero-order valence-corrected chi connectivity index (χ0v) is 18.9. The Kier molecular flexibility index (Phi) is 5.71. The third-order valence-electron chi connectivity index (χ3n) is 4.51. The van der Waals surface area contributed by atoms with Gasteiger partial charge in [-0.3, -0.25) is 0 Å². The highest BCUT2D eigenvalue weighted by atomic mass is 32.2. The molecule has 0 radical (unpaired) electrons. The van der Waals surface area contributed by atoms with Crippen molar-refractivity contribution in [2.75, 3.05) is 0 Å². The van der Waals surface area contributed by atoms with Crippen molar-refractivity contribution in [3.63, 3.8) is 0 Å². The van der Waals surface area contributed by atoms with Crippen molar-refractivity contribution in [2.24, 2.45) is 0 Å². The predicted octanol–water partition coefficient (Wildman–Crippen LogP) is 6.47. The monoisotopic (exact) mass is 434 g/mol. The van der Waals surface area contributed by atoms with Gasteiger partial charge >= 0.3 is 0 Å². The van der Waals surface area contributed by atoms with Gasteiger partial charge in [-0.1, -0.05) is 37.7 Å². The molecule has 2 aromatic heterocycles. The minimum atomic E-state index is -0.206. The number of fused-ring (bicyclic) bond motifs is 3. The first-order valence-corrected chi connectivity index (χ1v) is 12.0. The van der Waals surface area contributed by atoms with Crippen molar-refractivity contribution in [2.45, 2.75) is 67.5 Å². The first-order valence-electron chi connectivity index (χ1n) is 9.31. The smallest absolute Gasteiger partial charge is 0.190 e. The molecule has 7 heteroatoms. The molecule has 0 N–H and O–H groups in total. The van der Waals surface area contributed by atoms with Crippen LogP contribution in [-0.2, 0) is 23.5 Å². The summed E-state index contributed by atoms with van der Waals surface area (Å²) >= 11 is 5.12. The van der Waals surface area contributed by atoms with Gasteiger partial charge in [-0.25, -0.2) is 14.4 Å². The molecule has 3 heterocycles. The predicted molar refractivity (Wildman–Crippen MR) is 117 cm³/mol. The van der Waals surface area contributed by atoms with Gasteiger partial charge in [0.15, 0.2) is 5.16 Å². The first-order chi connectivity index (χ1) is 13.3. The molecule has 4 rings (SSSR count). The molecule has 0 unspecified atom stereocenters. The van der Waals surface area contributed by atoms with E-state index in [1.165, 1.54) is 28.0 Å². The lowest BCUT2D eigenvalue weighted by Crippen LogP contribution is -2.31. The quantitative estimate of drug-likeness (QED) is 0.261. The van der Waals surface area contributed by atoms with Crippen molar-refractivity contribution in [3.8, 4) is 0 Å². The minimum Gasteiger partial charge on any atom is -0.370 e. The third-order valence-corrected chi connectivity index (χ3v) is 7.52. The second kappa shape index (κ2) is 7.94. The molecule has 0 saturated heterocycles. The van der Waals surface area contributed by atoms with Gasteiger partial charge in [0.05, 0.1) is 12.2 Å². The summed E-state index contributed by atoms with van der Waals surface area (Å²) in [5.41, 5.74) is 2.24. The molecule has 0 bridgehead atoms. The fourth-order valence-corrected chi connectivity index (χ4v) is 6.20. The number of aromatic nitrogens is 2. The molecule has 0 atom stereocenters. The van der Waals surface area contributed by atoms with Crippen LogP contribution in [0.3, 0.4) is 0 Å². The van der Waals surface area contributed by atoms with Gasteiger partial charge in [-0.05, 0) is 37.1 Å². The van der Waals surface area contributed by atoms with E-state index in [1.807, 2.05) is 12.1 Å². The van der Waals surface area contributed by atoms with Gasteiger partial charge in [0, 0.05) is 27.7 Å². The third kappa shape index (κ3) is 4.37. The summed E-state index contributed by atoms with van der Waals surface area (Å²) < 4.78 is 19.2. The van der Waals surface area contributed by atoms with Crippen molar-refractivity contribution in [1.29, 1.82) is 0 Å². The normalized spacial score (nSPS) is 15.9. The SMILES string of the molecule is CC(C)Sc1nc(SCc2ccc(F)cc2)c2c3c(sc2n1)COC(C)(C)C3. The van der Waals surface area contributed by atoms with Gasteiger partial charge in [-0.15, -0.1) is 23.1 Å². The molecule has 148 valence electrons. The van der Waals surface area contributed by atoms with Gasteiger partial charge in [0.2, 0.25) is 0 Å². The van der Waals surface area contributed by atoms with Gasteiger partial charge in [0.1, 0.15) is 15.7 Å². The highest BCUT2D eigenvalue weighted by Gasteiger charge is 2.31. The number of ether oxygens (including phenoxy) is 1. The summed E-state index contributed by atoms with van der Waals surface area (Å²) in [7, 11) is 0. The van der Waals surface area contributed by atoms with Gasteiger partial charge < -0.3 is 4.74 Å². The van der Waals surface area contributed by atoms with E-state index >= 15 is 0 Å². The van der Waals surface area contributed by atoms with Crippen LogP contribution in [-0.4, -0.2) is 20.8 Å². The molecule has 1 aromatic carbocycles. The Bertz CT molecular complexity index is 999. The van der Waals surface area contributed by atoms with Crippen LogP contribution in [0.2, 0.25) is 0 Å². The molecule has 3 nitrogen and oxygen atoms in total.